The zero-order valence-corrected chi connectivity index (χ0v) is 19.7. The molecule has 0 bridgehead atoms. The lowest BCUT2D eigenvalue weighted by atomic mass is 9.98. The first-order chi connectivity index (χ1) is 16.8. The van der Waals surface area contributed by atoms with Gasteiger partial charge >= 0.3 is 12.1 Å². The number of hydrogen-bond acceptors (Lipinski definition) is 4. The number of carbonyl (C=O) groups excluding carboxylic acids is 2. The summed E-state index contributed by atoms with van der Waals surface area (Å²) in [6, 6.07) is 21.7. The highest BCUT2D eigenvalue weighted by Gasteiger charge is 2.30. The summed E-state index contributed by atoms with van der Waals surface area (Å²) in [6.07, 6.45) is -0.949. The van der Waals surface area contributed by atoms with E-state index in [9.17, 15) is 14.4 Å². The Kier molecular flexibility index (Phi) is 7.15. The van der Waals surface area contributed by atoms with Gasteiger partial charge in [-0.3, -0.25) is 9.59 Å². The maximum Gasteiger partial charge on any atom is 0.408 e. The minimum absolute atomic E-state index is 0.101. The van der Waals surface area contributed by atoms with Crippen molar-refractivity contribution in [3.63, 3.8) is 0 Å². The number of alkyl carbamates (subject to hydrolysis) is 1. The molecule has 7 nitrogen and oxygen atoms in total. The quantitative estimate of drug-likeness (QED) is 0.446. The minimum atomic E-state index is -1.03. The second kappa shape index (κ2) is 10.4. The van der Waals surface area contributed by atoms with Crippen molar-refractivity contribution < 1.29 is 24.2 Å². The third-order valence-electron chi connectivity index (χ3n) is 6.15. The molecule has 0 radical (unpaired) electrons. The number of carboxylic acid groups (broad SMARTS) is 1. The number of carbonyl (C=O) groups is 3. The molecule has 0 aromatic heterocycles. The third-order valence-corrected chi connectivity index (χ3v) is 6.15. The number of aliphatic carboxylic acids is 1. The van der Waals surface area contributed by atoms with Crippen LogP contribution in [-0.2, 0) is 14.3 Å². The number of aryl methyl sites for hydroxylation is 1. The van der Waals surface area contributed by atoms with Crippen molar-refractivity contribution in [2.75, 3.05) is 6.61 Å². The van der Waals surface area contributed by atoms with Crippen molar-refractivity contribution in [3.05, 3.63) is 95.1 Å². The van der Waals surface area contributed by atoms with Gasteiger partial charge in [-0.15, -0.1) is 0 Å². The number of rotatable bonds is 8. The predicted octanol–water partition coefficient (Wildman–Crippen LogP) is 4.55. The summed E-state index contributed by atoms with van der Waals surface area (Å²) in [7, 11) is 0. The molecule has 3 N–H and O–H groups in total. The van der Waals surface area contributed by atoms with E-state index in [1.807, 2.05) is 55.5 Å². The fourth-order valence-electron chi connectivity index (χ4n) is 4.46. The monoisotopic (exact) mass is 472 g/mol. The molecule has 1 aliphatic rings. The summed E-state index contributed by atoms with van der Waals surface area (Å²) in [5, 5.41) is 14.3. The topological polar surface area (TPSA) is 105 Å². The number of carboxylic acids is 1. The van der Waals surface area contributed by atoms with E-state index in [1.54, 1.807) is 19.1 Å². The Balaban J connectivity index is 1.48. The van der Waals surface area contributed by atoms with Gasteiger partial charge in [-0.05, 0) is 41.7 Å². The minimum Gasteiger partial charge on any atom is -0.481 e. The molecule has 0 saturated carbocycles. The van der Waals surface area contributed by atoms with E-state index < -0.39 is 30.1 Å². The highest BCUT2D eigenvalue weighted by Crippen LogP contribution is 2.44. The van der Waals surface area contributed by atoms with Crippen LogP contribution in [0.15, 0.2) is 72.8 Å². The van der Waals surface area contributed by atoms with Gasteiger partial charge < -0.3 is 20.5 Å². The van der Waals surface area contributed by atoms with Crippen LogP contribution >= 0.6 is 0 Å². The molecule has 3 aromatic carbocycles. The number of hydrogen-bond donors (Lipinski definition) is 3. The van der Waals surface area contributed by atoms with Gasteiger partial charge in [0.2, 0.25) is 5.91 Å². The first-order valence-electron chi connectivity index (χ1n) is 11.5. The SMILES string of the molecule is Cc1ccc(C(NC(=O)OCC2c3ccccc3-c3ccccc32)C(=O)N[C@H](C)CC(=O)O)cc1. The number of ether oxygens (including phenoxy) is 1. The van der Waals surface area contributed by atoms with E-state index in [0.717, 1.165) is 27.8 Å². The average Bonchev–Trinajstić information content (AvgIpc) is 3.15. The van der Waals surface area contributed by atoms with Gasteiger partial charge in [0, 0.05) is 12.0 Å². The molecule has 0 heterocycles. The van der Waals surface area contributed by atoms with Gasteiger partial charge in [-0.2, -0.15) is 0 Å². The van der Waals surface area contributed by atoms with E-state index in [1.165, 1.54) is 0 Å². The molecule has 7 heteroatoms. The lowest BCUT2D eigenvalue weighted by molar-refractivity contribution is -0.137. The Morgan fingerprint density at radius 2 is 1.46 bits per heavy atom. The normalized spacial score (nSPS) is 13.8. The van der Waals surface area contributed by atoms with E-state index in [2.05, 4.69) is 22.8 Å². The van der Waals surface area contributed by atoms with Crippen LogP contribution in [0, 0.1) is 6.92 Å². The summed E-state index contributed by atoms with van der Waals surface area (Å²) in [6.45, 7) is 3.65. The fourth-order valence-corrected chi connectivity index (χ4v) is 4.46. The molecular weight excluding hydrogens is 444 g/mol. The van der Waals surface area contributed by atoms with Crippen LogP contribution in [0.3, 0.4) is 0 Å². The Bertz CT molecular complexity index is 1190. The summed E-state index contributed by atoms with van der Waals surface area (Å²) >= 11 is 0. The van der Waals surface area contributed by atoms with Gasteiger partial charge in [0.1, 0.15) is 12.6 Å². The van der Waals surface area contributed by atoms with E-state index in [-0.39, 0.29) is 18.9 Å². The number of benzene rings is 3. The number of amides is 2. The fraction of sp³-hybridized carbons (Fsp3) is 0.250. The van der Waals surface area contributed by atoms with Crippen LogP contribution in [0.2, 0.25) is 0 Å². The molecule has 0 saturated heterocycles. The highest BCUT2D eigenvalue weighted by atomic mass is 16.5. The number of nitrogens with one attached hydrogen (secondary N) is 2. The van der Waals surface area contributed by atoms with Crippen LogP contribution in [0.25, 0.3) is 11.1 Å². The first-order valence-corrected chi connectivity index (χ1v) is 11.5. The molecule has 0 spiro atoms. The first kappa shape index (κ1) is 24.0. The lowest BCUT2D eigenvalue weighted by Crippen LogP contribution is -2.44. The molecule has 0 aliphatic heterocycles. The van der Waals surface area contributed by atoms with Gasteiger partial charge in [-0.25, -0.2) is 4.79 Å². The van der Waals surface area contributed by atoms with Crippen LogP contribution in [0.5, 0.6) is 0 Å². The van der Waals surface area contributed by atoms with Crippen molar-refractivity contribution in [2.24, 2.45) is 0 Å². The highest BCUT2D eigenvalue weighted by molar-refractivity contribution is 5.87. The van der Waals surface area contributed by atoms with Crippen LogP contribution in [-0.4, -0.2) is 35.7 Å². The van der Waals surface area contributed by atoms with Crippen molar-refractivity contribution in [3.8, 4) is 11.1 Å². The van der Waals surface area contributed by atoms with Crippen LogP contribution in [0.4, 0.5) is 4.79 Å². The Morgan fingerprint density at radius 1 is 0.886 bits per heavy atom. The van der Waals surface area contributed by atoms with Gasteiger partial charge in [0.25, 0.3) is 0 Å². The molecule has 35 heavy (non-hydrogen) atoms. The van der Waals surface area contributed by atoms with E-state index >= 15 is 0 Å². The summed E-state index contributed by atoms with van der Waals surface area (Å²) < 4.78 is 5.61. The molecule has 0 fully saturated rings. The van der Waals surface area contributed by atoms with Gasteiger partial charge in [-0.1, -0.05) is 78.4 Å². The maximum atomic E-state index is 13.0. The molecule has 3 aromatic rings. The standard InChI is InChI=1S/C28H28N2O5/c1-17-11-13-19(14-12-17)26(27(33)29-18(2)15-25(31)32)30-28(34)35-16-24-22-9-5-3-7-20(22)21-8-4-6-10-23(21)24/h3-14,18,24,26H,15-16H2,1-2H3,(H,29,33)(H,30,34)(H,31,32)/t18-,26?/m1/s1. The molecule has 2 atom stereocenters. The molecule has 2 amide bonds. The van der Waals surface area contributed by atoms with Crippen LogP contribution < -0.4 is 10.6 Å². The summed E-state index contributed by atoms with van der Waals surface area (Å²) in [5.41, 5.74) is 6.02. The lowest BCUT2D eigenvalue weighted by Gasteiger charge is -2.22. The smallest absolute Gasteiger partial charge is 0.408 e. The molecule has 1 unspecified atom stereocenters. The number of fused-ring (bicyclic) bond motifs is 3. The van der Waals surface area contributed by atoms with Crippen molar-refractivity contribution in [1.29, 1.82) is 0 Å². The van der Waals surface area contributed by atoms with Gasteiger partial charge in [0.05, 0.1) is 6.42 Å². The van der Waals surface area contributed by atoms with Crippen molar-refractivity contribution in [1.82, 2.24) is 10.6 Å². The van der Waals surface area contributed by atoms with Gasteiger partial charge in [0.15, 0.2) is 0 Å². The Labute approximate surface area is 204 Å². The second-order valence-corrected chi connectivity index (χ2v) is 8.82. The van der Waals surface area contributed by atoms with E-state index in [0.29, 0.717) is 5.56 Å². The Morgan fingerprint density at radius 3 is 2.03 bits per heavy atom. The molecular formula is C28H28N2O5. The van der Waals surface area contributed by atoms with Crippen LogP contribution in [0.1, 0.15) is 47.6 Å². The average molecular weight is 473 g/mol. The zero-order valence-electron chi connectivity index (χ0n) is 19.7. The predicted molar refractivity (Wildman–Crippen MR) is 132 cm³/mol. The third kappa shape index (κ3) is 5.51. The van der Waals surface area contributed by atoms with E-state index in [4.69, 9.17) is 9.84 Å². The zero-order chi connectivity index (χ0) is 24.9. The molecule has 4 rings (SSSR count). The summed E-state index contributed by atoms with van der Waals surface area (Å²) in [4.78, 5) is 36.8. The molecule has 180 valence electrons. The van der Waals surface area contributed by atoms with Crippen molar-refractivity contribution >= 4 is 18.0 Å². The maximum absolute atomic E-state index is 13.0. The largest absolute Gasteiger partial charge is 0.481 e. The van der Waals surface area contributed by atoms with Crippen molar-refractivity contribution in [2.45, 2.75) is 38.3 Å². The second-order valence-electron chi connectivity index (χ2n) is 8.82. The summed E-state index contributed by atoms with van der Waals surface area (Å²) in [5.74, 6) is -1.62. The molecule has 1 aliphatic carbocycles. The Hall–Kier alpha value is -4.13.